The number of esters is 2. The Morgan fingerprint density at radius 3 is 1.64 bits per heavy atom. The summed E-state index contributed by atoms with van der Waals surface area (Å²) < 4.78 is 140. The van der Waals surface area contributed by atoms with Gasteiger partial charge in [-0.15, -0.1) is 0 Å². The van der Waals surface area contributed by atoms with Crippen molar-refractivity contribution < 1.29 is 67.5 Å². The van der Waals surface area contributed by atoms with Gasteiger partial charge < -0.3 is 18.8 Å². The van der Waals surface area contributed by atoms with E-state index < -0.39 is 69.2 Å². The number of halogens is 7. The third kappa shape index (κ3) is 7.15. The Kier molecular flexibility index (Phi) is 9.04. The highest BCUT2D eigenvalue weighted by atomic mass is 32.2. The van der Waals surface area contributed by atoms with Gasteiger partial charge in [0.15, 0.2) is 10.1 Å². The van der Waals surface area contributed by atoms with Crippen LogP contribution >= 0.6 is 0 Å². The molecule has 196 valence electrons. The standard InChI is InChI=1S/C17H25F7O8S/c1-7-13(5,6)10(25)32-15(16(20,21)22,11(26)31-12(2,3)4)30-9-8-14(18,19)17(23,24)33(27,28)29/h7-9H2,1-6H3,(H,27,28,29)/p-1. The van der Waals surface area contributed by atoms with Crippen LogP contribution in [-0.2, 0) is 33.9 Å². The van der Waals surface area contributed by atoms with E-state index in [1.807, 2.05) is 0 Å². The first-order valence-electron chi connectivity index (χ1n) is 9.16. The zero-order valence-corrected chi connectivity index (χ0v) is 19.3. The lowest BCUT2D eigenvalue weighted by Crippen LogP contribution is -2.60. The molecule has 0 amide bonds. The van der Waals surface area contributed by atoms with E-state index in [4.69, 9.17) is 0 Å². The van der Waals surface area contributed by atoms with Gasteiger partial charge in [0.05, 0.1) is 12.0 Å². The summed E-state index contributed by atoms with van der Waals surface area (Å²) in [7, 11) is -6.92. The predicted molar refractivity (Wildman–Crippen MR) is 95.0 cm³/mol. The van der Waals surface area contributed by atoms with Gasteiger partial charge in [-0.3, -0.25) is 4.79 Å². The molecular weight excluding hydrogens is 497 g/mol. The minimum absolute atomic E-state index is 0.111. The van der Waals surface area contributed by atoms with Crippen molar-refractivity contribution in [3.63, 3.8) is 0 Å². The van der Waals surface area contributed by atoms with E-state index in [0.29, 0.717) is 0 Å². The molecule has 0 aliphatic carbocycles. The summed E-state index contributed by atoms with van der Waals surface area (Å²) in [5, 5.41) is -6.21. The summed E-state index contributed by atoms with van der Waals surface area (Å²) in [6.45, 7) is 4.85. The minimum atomic E-state index is -6.92. The maximum atomic E-state index is 13.9. The second-order valence-corrected chi connectivity index (χ2v) is 9.94. The zero-order valence-electron chi connectivity index (χ0n) is 18.4. The monoisotopic (exact) mass is 521 g/mol. The smallest absolute Gasteiger partial charge is 0.468 e. The third-order valence-electron chi connectivity index (χ3n) is 4.17. The molecular formula is C17H24F7O8S-. The number of carbonyl (C=O) groups excluding carboxylic acids is 2. The summed E-state index contributed by atoms with van der Waals surface area (Å²) in [6.07, 6.45) is -8.55. The quantitative estimate of drug-likeness (QED) is 0.185. The Morgan fingerprint density at radius 2 is 1.30 bits per heavy atom. The summed E-state index contributed by atoms with van der Waals surface area (Å²) in [6, 6.07) is 0. The second-order valence-electron chi connectivity index (χ2n) is 8.52. The molecule has 0 rings (SSSR count). The highest BCUT2D eigenvalue weighted by Crippen LogP contribution is 2.43. The molecule has 0 aliphatic rings. The van der Waals surface area contributed by atoms with Crippen LogP contribution in [-0.4, -0.2) is 60.3 Å². The van der Waals surface area contributed by atoms with Crippen LogP contribution in [0.4, 0.5) is 30.7 Å². The normalized spacial score (nSPS) is 16.2. The van der Waals surface area contributed by atoms with E-state index in [1.165, 1.54) is 6.92 Å². The van der Waals surface area contributed by atoms with Gasteiger partial charge in [-0.1, -0.05) is 6.92 Å². The molecule has 0 aromatic rings. The molecule has 0 aromatic carbocycles. The number of hydrogen-bond acceptors (Lipinski definition) is 8. The molecule has 0 aliphatic heterocycles. The van der Waals surface area contributed by atoms with Crippen molar-refractivity contribution in [2.75, 3.05) is 6.61 Å². The van der Waals surface area contributed by atoms with Crippen LogP contribution in [0, 0.1) is 5.41 Å². The molecule has 16 heteroatoms. The van der Waals surface area contributed by atoms with Crippen molar-refractivity contribution in [1.82, 2.24) is 0 Å². The number of hydrogen-bond donors (Lipinski definition) is 0. The van der Waals surface area contributed by atoms with Crippen LogP contribution in [0.25, 0.3) is 0 Å². The first kappa shape index (κ1) is 31.3. The van der Waals surface area contributed by atoms with Crippen molar-refractivity contribution in [3.8, 4) is 0 Å². The first-order chi connectivity index (χ1) is 14.3. The average molecular weight is 521 g/mol. The highest BCUT2D eigenvalue weighted by Gasteiger charge is 2.69. The Labute approximate surface area is 185 Å². The van der Waals surface area contributed by atoms with Crippen molar-refractivity contribution in [1.29, 1.82) is 0 Å². The molecule has 0 N–H and O–H groups in total. The lowest BCUT2D eigenvalue weighted by molar-refractivity contribution is -0.362. The summed E-state index contributed by atoms with van der Waals surface area (Å²) in [5.41, 5.74) is -3.29. The van der Waals surface area contributed by atoms with Gasteiger partial charge >= 0.3 is 35.1 Å². The van der Waals surface area contributed by atoms with E-state index in [2.05, 4.69) is 14.2 Å². The largest absolute Gasteiger partial charge is 0.743 e. The Balaban J connectivity index is 6.31. The van der Waals surface area contributed by atoms with Gasteiger partial charge in [0.2, 0.25) is 0 Å². The second kappa shape index (κ2) is 9.52. The molecule has 0 bridgehead atoms. The predicted octanol–water partition coefficient (Wildman–Crippen LogP) is 3.75. The van der Waals surface area contributed by atoms with Gasteiger partial charge in [-0.05, 0) is 41.0 Å². The Morgan fingerprint density at radius 1 is 0.848 bits per heavy atom. The third-order valence-corrected chi connectivity index (χ3v) is 5.10. The van der Waals surface area contributed by atoms with E-state index in [1.54, 1.807) is 0 Å². The molecule has 1 unspecified atom stereocenters. The van der Waals surface area contributed by atoms with Crippen LogP contribution in [0.2, 0.25) is 0 Å². The number of alkyl halides is 7. The molecule has 0 aromatic heterocycles. The van der Waals surface area contributed by atoms with Crippen LogP contribution in [0.5, 0.6) is 0 Å². The summed E-state index contributed by atoms with van der Waals surface area (Å²) in [5.74, 6) is -14.4. The topological polar surface area (TPSA) is 119 Å². The SMILES string of the molecule is CCC(C)(C)C(=O)OC(OCCC(F)(F)C(F)(F)S(=O)(=O)[O-])(C(=O)OC(C)(C)C)C(F)(F)F. The molecule has 8 nitrogen and oxygen atoms in total. The lowest BCUT2D eigenvalue weighted by Gasteiger charge is -2.37. The number of ether oxygens (including phenoxy) is 3. The summed E-state index contributed by atoms with van der Waals surface area (Å²) in [4.78, 5) is 24.6. The van der Waals surface area contributed by atoms with Crippen molar-refractivity contribution in [3.05, 3.63) is 0 Å². The van der Waals surface area contributed by atoms with Crippen LogP contribution in [0.15, 0.2) is 0 Å². The zero-order chi connectivity index (χ0) is 26.9. The van der Waals surface area contributed by atoms with Gasteiger partial charge in [-0.2, -0.15) is 30.7 Å². The fourth-order valence-corrected chi connectivity index (χ4v) is 2.26. The van der Waals surface area contributed by atoms with Crippen LogP contribution in [0.1, 0.15) is 54.4 Å². The van der Waals surface area contributed by atoms with E-state index in [9.17, 15) is 53.3 Å². The van der Waals surface area contributed by atoms with Crippen LogP contribution < -0.4 is 0 Å². The molecule has 33 heavy (non-hydrogen) atoms. The molecule has 0 saturated heterocycles. The van der Waals surface area contributed by atoms with E-state index in [0.717, 1.165) is 34.6 Å². The van der Waals surface area contributed by atoms with Gasteiger partial charge in [0.25, 0.3) is 0 Å². The van der Waals surface area contributed by atoms with Crippen molar-refractivity contribution >= 4 is 22.1 Å². The number of carbonyl (C=O) groups is 2. The molecule has 1 atom stereocenters. The molecule has 0 spiro atoms. The maximum absolute atomic E-state index is 13.9. The first-order valence-corrected chi connectivity index (χ1v) is 10.6. The number of rotatable bonds is 10. The fourth-order valence-electron chi connectivity index (χ4n) is 1.80. The Bertz CT molecular complexity index is 831. The van der Waals surface area contributed by atoms with E-state index >= 15 is 0 Å². The van der Waals surface area contributed by atoms with Gasteiger partial charge in [0.1, 0.15) is 5.60 Å². The summed E-state index contributed by atoms with van der Waals surface area (Å²) >= 11 is 0. The fraction of sp³-hybridized carbons (Fsp3) is 0.882. The highest BCUT2D eigenvalue weighted by molar-refractivity contribution is 7.86. The van der Waals surface area contributed by atoms with Gasteiger partial charge in [-0.25, -0.2) is 13.2 Å². The lowest BCUT2D eigenvalue weighted by atomic mass is 9.90. The Hall–Kier alpha value is -1.68. The van der Waals surface area contributed by atoms with Crippen molar-refractivity contribution in [2.24, 2.45) is 5.41 Å². The molecule has 0 radical (unpaired) electrons. The van der Waals surface area contributed by atoms with E-state index in [-0.39, 0.29) is 6.42 Å². The average Bonchev–Trinajstić information content (AvgIpc) is 2.56. The minimum Gasteiger partial charge on any atom is -0.743 e. The maximum Gasteiger partial charge on any atom is 0.468 e. The molecule has 0 fully saturated rings. The van der Waals surface area contributed by atoms with Crippen LogP contribution in [0.3, 0.4) is 0 Å². The molecule has 0 heterocycles. The molecule has 0 saturated carbocycles. The van der Waals surface area contributed by atoms with Gasteiger partial charge in [0, 0.05) is 6.42 Å². The van der Waals surface area contributed by atoms with Crippen molar-refractivity contribution in [2.45, 2.75) is 83.1 Å².